The SMILES string of the molecule is CCC[C@H](C)NC(=O)c1ccc(OC)c(S(=O)(=O)NC(C)C)c1. The van der Waals surface area contributed by atoms with Gasteiger partial charge in [0.25, 0.3) is 5.91 Å². The average molecular weight is 342 g/mol. The number of nitrogens with one attached hydrogen (secondary N) is 2. The summed E-state index contributed by atoms with van der Waals surface area (Å²) in [4.78, 5) is 12.2. The maximum absolute atomic E-state index is 12.4. The van der Waals surface area contributed by atoms with E-state index in [1.807, 2.05) is 13.8 Å². The largest absolute Gasteiger partial charge is 0.495 e. The fourth-order valence-electron chi connectivity index (χ4n) is 2.21. The minimum atomic E-state index is -3.75. The molecule has 0 saturated heterocycles. The number of benzene rings is 1. The van der Waals surface area contributed by atoms with E-state index in [0.717, 1.165) is 12.8 Å². The molecule has 0 aliphatic carbocycles. The third kappa shape index (κ3) is 5.51. The molecule has 0 spiro atoms. The Morgan fingerprint density at radius 2 is 1.91 bits per heavy atom. The molecular formula is C16H26N2O4S. The molecule has 0 aliphatic rings. The molecule has 0 heterocycles. The summed E-state index contributed by atoms with van der Waals surface area (Å²) in [5.41, 5.74) is 0.290. The van der Waals surface area contributed by atoms with Crippen molar-refractivity contribution in [1.82, 2.24) is 10.0 Å². The first-order valence-corrected chi connectivity index (χ1v) is 9.20. The summed E-state index contributed by atoms with van der Waals surface area (Å²) >= 11 is 0. The van der Waals surface area contributed by atoms with Crippen molar-refractivity contribution < 1.29 is 17.9 Å². The van der Waals surface area contributed by atoms with Crippen LogP contribution in [0, 0.1) is 0 Å². The Balaban J connectivity index is 3.15. The number of methoxy groups -OCH3 is 1. The number of amides is 1. The molecule has 6 nitrogen and oxygen atoms in total. The second kappa shape index (κ2) is 8.31. The van der Waals surface area contributed by atoms with Crippen LogP contribution in [-0.2, 0) is 10.0 Å². The Morgan fingerprint density at radius 3 is 2.43 bits per heavy atom. The van der Waals surface area contributed by atoms with E-state index in [1.54, 1.807) is 19.9 Å². The highest BCUT2D eigenvalue weighted by molar-refractivity contribution is 7.89. The number of hydrogen-bond acceptors (Lipinski definition) is 4. The van der Waals surface area contributed by atoms with Gasteiger partial charge < -0.3 is 10.1 Å². The van der Waals surface area contributed by atoms with Gasteiger partial charge in [0.15, 0.2) is 0 Å². The van der Waals surface area contributed by atoms with Gasteiger partial charge in [-0.15, -0.1) is 0 Å². The van der Waals surface area contributed by atoms with E-state index in [9.17, 15) is 13.2 Å². The van der Waals surface area contributed by atoms with Crippen molar-refractivity contribution in [2.24, 2.45) is 0 Å². The van der Waals surface area contributed by atoms with E-state index in [4.69, 9.17) is 4.74 Å². The summed E-state index contributed by atoms with van der Waals surface area (Å²) in [6.07, 6.45) is 1.82. The van der Waals surface area contributed by atoms with Gasteiger partial charge in [-0.05, 0) is 45.4 Å². The quantitative estimate of drug-likeness (QED) is 0.759. The molecule has 0 aromatic heterocycles. The zero-order valence-corrected chi connectivity index (χ0v) is 15.2. The van der Waals surface area contributed by atoms with Crippen molar-refractivity contribution in [3.63, 3.8) is 0 Å². The number of rotatable bonds is 8. The van der Waals surface area contributed by atoms with Crippen LogP contribution in [0.5, 0.6) is 5.75 Å². The molecule has 1 amide bonds. The summed E-state index contributed by atoms with van der Waals surface area (Å²) in [6.45, 7) is 7.42. The molecule has 1 atom stereocenters. The molecular weight excluding hydrogens is 316 g/mol. The van der Waals surface area contributed by atoms with Crippen molar-refractivity contribution in [2.45, 2.75) is 57.5 Å². The van der Waals surface area contributed by atoms with E-state index < -0.39 is 10.0 Å². The monoisotopic (exact) mass is 342 g/mol. The van der Waals surface area contributed by atoms with Gasteiger partial charge in [-0.3, -0.25) is 4.79 Å². The van der Waals surface area contributed by atoms with Crippen LogP contribution < -0.4 is 14.8 Å². The van der Waals surface area contributed by atoms with Gasteiger partial charge in [-0.1, -0.05) is 13.3 Å². The summed E-state index contributed by atoms with van der Waals surface area (Å²) in [7, 11) is -2.36. The number of carbonyl (C=O) groups excluding carboxylic acids is 1. The molecule has 130 valence electrons. The van der Waals surface area contributed by atoms with E-state index in [0.29, 0.717) is 0 Å². The zero-order valence-electron chi connectivity index (χ0n) is 14.3. The first-order chi connectivity index (χ1) is 10.7. The molecule has 0 aliphatic heterocycles. The van der Waals surface area contributed by atoms with Gasteiger partial charge >= 0.3 is 0 Å². The first kappa shape index (κ1) is 19.4. The highest BCUT2D eigenvalue weighted by Gasteiger charge is 2.22. The lowest BCUT2D eigenvalue weighted by Crippen LogP contribution is -2.33. The summed E-state index contributed by atoms with van der Waals surface area (Å²) < 4.78 is 32.4. The van der Waals surface area contributed by atoms with E-state index in [2.05, 4.69) is 10.0 Å². The lowest BCUT2D eigenvalue weighted by Gasteiger charge is -2.16. The molecule has 1 aromatic carbocycles. The Kier molecular flexibility index (Phi) is 7.02. The topological polar surface area (TPSA) is 84.5 Å². The standard InChI is InChI=1S/C16H26N2O4S/c1-6-7-12(4)17-16(19)13-8-9-14(22-5)15(10-13)23(20,21)18-11(2)3/h8-12,18H,6-7H2,1-5H3,(H,17,19)/t12-/m0/s1. The van der Waals surface area contributed by atoms with Gasteiger partial charge in [-0.25, -0.2) is 13.1 Å². The van der Waals surface area contributed by atoms with Crippen LogP contribution >= 0.6 is 0 Å². The molecule has 0 radical (unpaired) electrons. The minimum absolute atomic E-state index is 0.0310. The fraction of sp³-hybridized carbons (Fsp3) is 0.562. The average Bonchev–Trinajstić information content (AvgIpc) is 2.45. The van der Waals surface area contributed by atoms with E-state index in [-0.39, 0.29) is 34.2 Å². The van der Waals surface area contributed by atoms with E-state index >= 15 is 0 Å². The smallest absolute Gasteiger partial charge is 0.251 e. The Hall–Kier alpha value is -1.60. The van der Waals surface area contributed by atoms with E-state index in [1.165, 1.54) is 19.2 Å². The first-order valence-electron chi connectivity index (χ1n) is 7.72. The normalized spacial score (nSPS) is 13.0. The van der Waals surface area contributed by atoms with Crippen molar-refractivity contribution in [3.05, 3.63) is 23.8 Å². The summed E-state index contributed by atoms with van der Waals surface area (Å²) in [6, 6.07) is 4.17. The minimum Gasteiger partial charge on any atom is -0.495 e. The predicted molar refractivity (Wildman–Crippen MR) is 90.3 cm³/mol. The number of sulfonamides is 1. The summed E-state index contributed by atoms with van der Waals surface area (Å²) in [5.74, 6) is -0.0918. The van der Waals surface area contributed by atoms with Crippen LogP contribution in [0.4, 0.5) is 0 Å². The van der Waals surface area contributed by atoms with Gasteiger partial charge in [0.1, 0.15) is 10.6 Å². The molecule has 23 heavy (non-hydrogen) atoms. The molecule has 0 bridgehead atoms. The maximum atomic E-state index is 12.4. The van der Waals surface area contributed by atoms with Crippen LogP contribution in [-0.4, -0.2) is 33.5 Å². The highest BCUT2D eigenvalue weighted by atomic mass is 32.2. The van der Waals surface area contributed by atoms with Gasteiger partial charge in [0.2, 0.25) is 10.0 Å². The molecule has 2 N–H and O–H groups in total. The molecule has 7 heteroatoms. The third-order valence-electron chi connectivity index (χ3n) is 3.21. The Labute approximate surface area is 138 Å². The van der Waals surface area contributed by atoms with Gasteiger partial charge in [0, 0.05) is 17.6 Å². The third-order valence-corrected chi connectivity index (χ3v) is 4.89. The Morgan fingerprint density at radius 1 is 1.26 bits per heavy atom. The zero-order chi connectivity index (χ0) is 17.6. The second-order valence-electron chi connectivity index (χ2n) is 5.80. The molecule has 0 fully saturated rings. The van der Waals surface area contributed by atoms with Crippen LogP contribution in [0.3, 0.4) is 0 Å². The van der Waals surface area contributed by atoms with Gasteiger partial charge in [0.05, 0.1) is 7.11 Å². The molecule has 0 saturated carbocycles. The lowest BCUT2D eigenvalue weighted by atomic mass is 10.1. The number of carbonyl (C=O) groups is 1. The number of ether oxygens (including phenoxy) is 1. The highest BCUT2D eigenvalue weighted by Crippen LogP contribution is 2.25. The van der Waals surface area contributed by atoms with Crippen molar-refractivity contribution in [2.75, 3.05) is 7.11 Å². The van der Waals surface area contributed by atoms with Gasteiger partial charge in [-0.2, -0.15) is 0 Å². The van der Waals surface area contributed by atoms with Crippen molar-refractivity contribution >= 4 is 15.9 Å². The van der Waals surface area contributed by atoms with Crippen molar-refractivity contribution in [3.8, 4) is 5.75 Å². The van der Waals surface area contributed by atoms with Crippen molar-refractivity contribution in [1.29, 1.82) is 0 Å². The predicted octanol–water partition coefficient (Wildman–Crippen LogP) is 2.30. The van der Waals surface area contributed by atoms with Crippen LogP contribution in [0.2, 0.25) is 0 Å². The lowest BCUT2D eigenvalue weighted by molar-refractivity contribution is 0.0938. The van der Waals surface area contributed by atoms with Crippen LogP contribution in [0.15, 0.2) is 23.1 Å². The molecule has 0 unspecified atom stereocenters. The number of hydrogen-bond donors (Lipinski definition) is 2. The molecule has 1 aromatic rings. The second-order valence-corrected chi connectivity index (χ2v) is 7.49. The van der Waals surface area contributed by atoms with Crippen LogP contribution in [0.1, 0.15) is 50.9 Å². The summed E-state index contributed by atoms with van der Waals surface area (Å²) in [5, 5.41) is 2.86. The maximum Gasteiger partial charge on any atom is 0.251 e. The molecule has 1 rings (SSSR count). The van der Waals surface area contributed by atoms with Crippen LogP contribution in [0.25, 0.3) is 0 Å². The fourth-order valence-corrected chi connectivity index (χ4v) is 3.66. The Bertz CT molecular complexity index is 641.